The number of nitrogens with zero attached hydrogens (tertiary/aromatic N) is 1. The molecule has 0 radical (unpaired) electrons. The van der Waals surface area contributed by atoms with Gasteiger partial charge in [0.1, 0.15) is 0 Å². The van der Waals surface area contributed by atoms with Gasteiger partial charge in [-0.15, -0.1) is 0 Å². The maximum absolute atomic E-state index is 5.61. The van der Waals surface area contributed by atoms with Crippen molar-refractivity contribution in [2.24, 2.45) is 11.3 Å². The minimum atomic E-state index is 0.292. The molecule has 5 unspecified atom stereocenters. The van der Waals surface area contributed by atoms with Gasteiger partial charge in [0.2, 0.25) is 0 Å². The second-order valence-corrected chi connectivity index (χ2v) is 7.24. The first-order chi connectivity index (χ1) is 8.91. The monoisotopic (exact) mass is 268 g/mol. The second-order valence-electron chi connectivity index (χ2n) is 7.24. The summed E-state index contributed by atoms with van der Waals surface area (Å²) < 4.78 is 5.61. The molecule has 0 amide bonds. The third kappa shape index (κ3) is 2.70. The molecule has 3 nitrogen and oxygen atoms in total. The quantitative estimate of drug-likeness (QED) is 0.848. The molecular formula is C16H32N2O. The van der Waals surface area contributed by atoms with Crippen LogP contribution in [0.5, 0.6) is 0 Å². The van der Waals surface area contributed by atoms with Crippen LogP contribution in [0.4, 0.5) is 0 Å². The Morgan fingerprint density at radius 1 is 1.42 bits per heavy atom. The lowest BCUT2D eigenvalue weighted by Crippen LogP contribution is -2.69. The topological polar surface area (TPSA) is 24.5 Å². The van der Waals surface area contributed by atoms with E-state index in [-0.39, 0.29) is 0 Å². The molecular weight excluding hydrogens is 236 g/mol. The normalized spacial score (nSPS) is 40.7. The van der Waals surface area contributed by atoms with Crippen molar-refractivity contribution in [1.29, 1.82) is 0 Å². The summed E-state index contributed by atoms with van der Waals surface area (Å²) in [5, 5.41) is 3.73. The Labute approximate surface area is 119 Å². The summed E-state index contributed by atoms with van der Waals surface area (Å²) in [6, 6.07) is 1.97. The number of ether oxygens (including phenoxy) is 1. The number of hydrogen-bond donors (Lipinski definition) is 1. The third-order valence-corrected chi connectivity index (χ3v) is 5.79. The fourth-order valence-electron chi connectivity index (χ4n) is 3.84. The maximum Gasteiger partial charge on any atom is 0.0652 e. The smallest absolute Gasteiger partial charge is 0.0652 e. The van der Waals surface area contributed by atoms with Gasteiger partial charge in [0.15, 0.2) is 0 Å². The highest BCUT2D eigenvalue weighted by atomic mass is 16.5. The van der Waals surface area contributed by atoms with Crippen molar-refractivity contribution >= 4 is 0 Å². The summed E-state index contributed by atoms with van der Waals surface area (Å²) in [4.78, 5) is 2.74. The van der Waals surface area contributed by atoms with Crippen LogP contribution in [0.1, 0.15) is 47.5 Å². The van der Waals surface area contributed by atoms with E-state index in [1.54, 1.807) is 0 Å². The summed E-state index contributed by atoms with van der Waals surface area (Å²) in [5.74, 6) is 0.761. The van der Waals surface area contributed by atoms with Crippen LogP contribution in [0.3, 0.4) is 0 Å². The largest absolute Gasteiger partial charge is 0.381 e. The molecule has 3 heteroatoms. The third-order valence-electron chi connectivity index (χ3n) is 5.79. The molecule has 1 N–H and O–H groups in total. The van der Waals surface area contributed by atoms with Crippen LogP contribution in [0.25, 0.3) is 0 Å². The Bertz CT molecular complexity index is 305. The summed E-state index contributed by atoms with van der Waals surface area (Å²) in [6.45, 7) is 14.1. The minimum Gasteiger partial charge on any atom is -0.381 e. The molecule has 1 aliphatic heterocycles. The van der Waals surface area contributed by atoms with Crippen LogP contribution in [-0.4, -0.2) is 49.3 Å². The molecule has 1 heterocycles. The van der Waals surface area contributed by atoms with Gasteiger partial charge in [-0.3, -0.25) is 4.90 Å². The lowest BCUT2D eigenvalue weighted by molar-refractivity contribution is -0.152. The molecule has 0 bridgehead atoms. The van der Waals surface area contributed by atoms with E-state index in [1.807, 2.05) is 7.11 Å². The Balaban J connectivity index is 2.02. The van der Waals surface area contributed by atoms with E-state index < -0.39 is 0 Å². The van der Waals surface area contributed by atoms with Crippen LogP contribution in [0, 0.1) is 11.3 Å². The summed E-state index contributed by atoms with van der Waals surface area (Å²) >= 11 is 0. The second kappa shape index (κ2) is 5.71. The first-order valence-corrected chi connectivity index (χ1v) is 7.93. The van der Waals surface area contributed by atoms with Crippen molar-refractivity contribution in [1.82, 2.24) is 10.2 Å². The van der Waals surface area contributed by atoms with Crippen molar-refractivity contribution in [2.45, 2.75) is 71.7 Å². The first kappa shape index (κ1) is 15.3. The number of nitrogens with one attached hydrogen (secondary N) is 1. The van der Waals surface area contributed by atoms with Crippen LogP contribution in [-0.2, 0) is 4.74 Å². The Morgan fingerprint density at radius 3 is 2.63 bits per heavy atom. The van der Waals surface area contributed by atoms with Crippen molar-refractivity contribution in [2.75, 3.05) is 20.2 Å². The highest BCUT2D eigenvalue weighted by molar-refractivity contribution is 5.06. The number of hydrogen-bond acceptors (Lipinski definition) is 3. The maximum atomic E-state index is 5.61. The van der Waals surface area contributed by atoms with Crippen LogP contribution in [0.15, 0.2) is 0 Å². The van der Waals surface area contributed by atoms with E-state index in [1.165, 1.54) is 19.4 Å². The zero-order valence-corrected chi connectivity index (χ0v) is 13.6. The van der Waals surface area contributed by atoms with E-state index >= 15 is 0 Å². The molecule has 1 saturated carbocycles. The molecule has 2 aliphatic rings. The molecule has 112 valence electrons. The fraction of sp³-hybridized carbons (Fsp3) is 1.00. The lowest BCUT2D eigenvalue weighted by atomic mass is 9.63. The molecule has 0 aromatic heterocycles. The molecule has 5 atom stereocenters. The van der Waals surface area contributed by atoms with Gasteiger partial charge < -0.3 is 10.1 Å². The minimum absolute atomic E-state index is 0.292. The average molecular weight is 268 g/mol. The zero-order valence-electron chi connectivity index (χ0n) is 13.6. The van der Waals surface area contributed by atoms with Crippen LogP contribution < -0.4 is 5.32 Å². The first-order valence-electron chi connectivity index (χ1n) is 7.93. The number of piperazine rings is 1. The SMILES string of the molecule is CCC(C)C1CN(C2CC(OC)C2(C)C)C(C)CN1. The molecule has 19 heavy (non-hydrogen) atoms. The highest BCUT2D eigenvalue weighted by Gasteiger charge is 2.52. The average Bonchev–Trinajstić information content (AvgIpc) is 2.39. The van der Waals surface area contributed by atoms with Gasteiger partial charge in [-0.2, -0.15) is 0 Å². The van der Waals surface area contributed by atoms with E-state index in [9.17, 15) is 0 Å². The van der Waals surface area contributed by atoms with Gasteiger partial charge in [0.25, 0.3) is 0 Å². The van der Waals surface area contributed by atoms with Crippen molar-refractivity contribution < 1.29 is 4.74 Å². The zero-order chi connectivity index (χ0) is 14.2. The molecule has 1 saturated heterocycles. The van der Waals surface area contributed by atoms with E-state index in [0.29, 0.717) is 29.6 Å². The fourth-order valence-corrected chi connectivity index (χ4v) is 3.84. The molecule has 1 aliphatic carbocycles. The van der Waals surface area contributed by atoms with Crippen molar-refractivity contribution in [3.63, 3.8) is 0 Å². The van der Waals surface area contributed by atoms with Crippen molar-refractivity contribution in [3.05, 3.63) is 0 Å². The van der Waals surface area contributed by atoms with E-state index in [4.69, 9.17) is 4.74 Å². The summed E-state index contributed by atoms with van der Waals surface area (Å²) in [7, 11) is 1.85. The predicted octanol–water partition coefficient (Wildman–Crippen LogP) is 2.51. The van der Waals surface area contributed by atoms with E-state index in [0.717, 1.165) is 12.5 Å². The van der Waals surface area contributed by atoms with Gasteiger partial charge >= 0.3 is 0 Å². The Kier molecular flexibility index (Phi) is 4.59. The predicted molar refractivity (Wildman–Crippen MR) is 80.4 cm³/mol. The standard InChI is InChI=1S/C16H32N2O/c1-7-11(2)13-10-18(12(3)9-17-13)14-8-15(19-6)16(14,4)5/h11-15,17H,7-10H2,1-6H3. The van der Waals surface area contributed by atoms with E-state index in [2.05, 4.69) is 44.8 Å². The molecule has 0 aromatic carbocycles. The van der Waals surface area contributed by atoms with Gasteiger partial charge in [-0.25, -0.2) is 0 Å². The van der Waals surface area contributed by atoms with Gasteiger partial charge in [0.05, 0.1) is 6.10 Å². The van der Waals surface area contributed by atoms with Crippen molar-refractivity contribution in [3.8, 4) is 0 Å². The van der Waals surface area contributed by atoms with Gasteiger partial charge in [-0.05, 0) is 19.3 Å². The highest BCUT2D eigenvalue weighted by Crippen LogP contribution is 2.46. The Hall–Kier alpha value is -0.120. The molecule has 0 spiro atoms. The molecule has 2 fully saturated rings. The number of rotatable bonds is 4. The molecule has 2 rings (SSSR count). The van der Waals surface area contributed by atoms with Gasteiger partial charge in [0, 0.05) is 43.7 Å². The lowest BCUT2D eigenvalue weighted by Gasteiger charge is -2.59. The summed E-state index contributed by atoms with van der Waals surface area (Å²) in [5.41, 5.74) is 0.292. The van der Waals surface area contributed by atoms with Crippen LogP contribution >= 0.6 is 0 Å². The summed E-state index contributed by atoms with van der Waals surface area (Å²) in [6.07, 6.45) is 2.89. The molecule has 0 aromatic rings. The van der Waals surface area contributed by atoms with Crippen LogP contribution in [0.2, 0.25) is 0 Å². The van der Waals surface area contributed by atoms with Gasteiger partial charge in [-0.1, -0.05) is 34.1 Å². The Morgan fingerprint density at radius 2 is 2.11 bits per heavy atom. The number of methoxy groups -OCH3 is 1.